The fourth-order valence-corrected chi connectivity index (χ4v) is 2.94. The van der Waals surface area contributed by atoms with Crippen molar-refractivity contribution in [2.75, 3.05) is 11.1 Å². The molecule has 0 saturated carbocycles. The van der Waals surface area contributed by atoms with Gasteiger partial charge in [-0.05, 0) is 56.7 Å². The van der Waals surface area contributed by atoms with Gasteiger partial charge in [0.2, 0.25) is 5.91 Å². The zero-order valence-electron chi connectivity index (χ0n) is 12.4. The van der Waals surface area contributed by atoms with Gasteiger partial charge in [0, 0.05) is 17.1 Å². The molecule has 0 aliphatic heterocycles. The van der Waals surface area contributed by atoms with E-state index in [0.29, 0.717) is 11.4 Å². The minimum Gasteiger partial charge on any atom is -0.399 e. The number of aryl methyl sites for hydroxylation is 2. The van der Waals surface area contributed by atoms with Crippen molar-refractivity contribution >= 4 is 29.0 Å². The Morgan fingerprint density at radius 1 is 1.29 bits per heavy atom. The summed E-state index contributed by atoms with van der Waals surface area (Å²) < 4.78 is 0. The number of amides is 1. The first-order chi connectivity index (χ1) is 9.94. The molecule has 1 aromatic carbocycles. The van der Waals surface area contributed by atoms with E-state index in [1.54, 1.807) is 12.1 Å². The van der Waals surface area contributed by atoms with E-state index in [0.717, 1.165) is 16.3 Å². The zero-order valence-corrected chi connectivity index (χ0v) is 13.2. The Bertz CT molecular complexity index is 637. The highest BCUT2D eigenvalue weighted by atomic mass is 32.2. The second kappa shape index (κ2) is 6.63. The predicted octanol–water partition coefficient (Wildman–Crippen LogP) is 3.40. The average Bonchev–Trinajstić information content (AvgIpc) is 2.37. The van der Waals surface area contributed by atoms with Gasteiger partial charge in [-0.25, -0.2) is 4.98 Å². The van der Waals surface area contributed by atoms with Gasteiger partial charge < -0.3 is 11.1 Å². The van der Waals surface area contributed by atoms with Crippen molar-refractivity contribution in [1.29, 1.82) is 0 Å². The van der Waals surface area contributed by atoms with Gasteiger partial charge in [-0.2, -0.15) is 0 Å². The summed E-state index contributed by atoms with van der Waals surface area (Å²) >= 11 is 1.45. The van der Waals surface area contributed by atoms with E-state index in [9.17, 15) is 4.79 Å². The Kier molecular flexibility index (Phi) is 4.85. The molecule has 1 aromatic heterocycles. The third kappa shape index (κ3) is 4.49. The molecule has 0 radical (unpaired) electrons. The van der Waals surface area contributed by atoms with Crippen LogP contribution in [0.3, 0.4) is 0 Å². The largest absolute Gasteiger partial charge is 0.399 e. The van der Waals surface area contributed by atoms with Crippen LogP contribution < -0.4 is 11.1 Å². The monoisotopic (exact) mass is 301 g/mol. The fraction of sp³-hybridized carbons (Fsp3) is 0.250. The Labute approximate surface area is 129 Å². The van der Waals surface area contributed by atoms with Gasteiger partial charge in [-0.1, -0.05) is 17.8 Å². The normalized spacial score (nSPS) is 12.0. The maximum Gasteiger partial charge on any atom is 0.237 e. The molecule has 2 aromatic rings. The Hall–Kier alpha value is -2.01. The van der Waals surface area contributed by atoms with Gasteiger partial charge in [-0.15, -0.1) is 0 Å². The van der Waals surface area contributed by atoms with E-state index in [1.807, 2.05) is 45.0 Å². The van der Waals surface area contributed by atoms with Crippen LogP contribution in [0.15, 0.2) is 41.4 Å². The van der Waals surface area contributed by atoms with Gasteiger partial charge in [0.25, 0.3) is 0 Å². The van der Waals surface area contributed by atoms with Crippen molar-refractivity contribution in [3.8, 4) is 0 Å². The molecular formula is C16H19N3OS. The quantitative estimate of drug-likeness (QED) is 0.671. The molecule has 110 valence electrons. The number of nitrogens with zero attached hydrogens (tertiary/aromatic N) is 1. The van der Waals surface area contributed by atoms with E-state index in [1.165, 1.54) is 11.8 Å². The molecular weight excluding hydrogens is 282 g/mol. The first-order valence-corrected chi connectivity index (χ1v) is 7.60. The molecule has 4 nitrogen and oxygen atoms in total. The minimum absolute atomic E-state index is 0.0634. The summed E-state index contributed by atoms with van der Waals surface area (Å²) in [5.41, 5.74) is 9.14. The van der Waals surface area contributed by atoms with Gasteiger partial charge in [0.15, 0.2) is 0 Å². The molecule has 5 heteroatoms. The summed E-state index contributed by atoms with van der Waals surface area (Å²) in [6, 6.07) is 11.2. The van der Waals surface area contributed by atoms with Crippen molar-refractivity contribution in [2.45, 2.75) is 31.0 Å². The highest BCUT2D eigenvalue weighted by Gasteiger charge is 2.15. The highest BCUT2D eigenvalue weighted by Crippen LogP contribution is 2.24. The SMILES string of the molecule is Cc1cc(C)nc(SC(C)C(=O)Nc2cccc(N)c2)c1. The lowest BCUT2D eigenvalue weighted by molar-refractivity contribution is -0.115. The number of aromatic nitrogens is 1. The van der Waals surface area contributed by atoms with E-state index < -0.39 is 0 Å². The van der Waals surface area contributed by atoms with Crippen LogP contribution >= 0.6 is 11.8 Å². The Balaban J connectivity index is 2.02. The van der Waals surface area contributed by atoms with E-state index >= 15 is 0 Å². The van der Waals surface area contributed by atoms with Crippen molar-refractivity contribution in [1.82, 2.24) is 4.98 Å². The van der Waals surface area contributed by atoms with Crippen molar-refractivity contribution in [3.05, 3.63) is 47.7 Å². The van der Waals surface area contributed by atoms with Crippen LogP contribution in [0.1, 0.15) is 18.2 Å². The van der Waals surface area contributed by atoms with Gasteiger partial charge in [0.05, 0.1) is 10.3 Å². The fourth-order valence-electron chi connectivity index (χ4n) is 1.96. The second-order valence-corrected chi connectivity index (χ2v) is 6.36. The highest BCUT2D eigenvalue weighted by molar-refractivity contribution is 8.00. The second-order valence-electron chi connectivity index (χ2n) is 5.00. The molecule has 1 unspecified atom stereocenters. The van der Waals surface area contributed by atoms with E-state index in [2.05, 4.69) is 10.3 Å². The Morgan fingerprint density at radius 2 is 2.05 bits per heavy atom. The average molecular weight is 301 g/mol. The summed E-state index contributed by atoms with van der Waals surface area (Å²) in [6.07, 6.45) is 0. The number of pyridine rings is 1. The number of thioether (sulfide) groups is 1. The van der Waals surface area contributed by atoms with Crippen LogP contribution in [0, 0.1) is 13.8 Å². The number of nitrogens with two attached hydrogens (primary N) is 1. The predicted molar refractivity (Wildman–Crippen MR) is 88.5 cm³/mol. The van der Waals surface area contributed by atoms with Crippen LogP contribution in [0.2, 0.25) is 0 Å². The number of nitrogens with one attached hydrogen (secondary N) is 1. The standard InChI is InChI=1S/C16H19N3OS/c1-10-7-11(2)18-15(8-10)21-12(3)16(20)19-14-6-4-5-13(17)9-14/h4-9,12H,17H2,1-3H3,(H,19,20). The summed E-state index contributed by atoms with van der Waals surface area (Å²) in [6.45, 7) is 5.84. The van der Waals surface area contributed by atoms with E-state index in [4.69, 9.17) is 5.73 Å². The summed E-state index contributed by atoms with van der Waals surface area (Å²) in [7, 11) is 0. The number of hydrogen-bond donors (Lipinski definition) is 2. The maximum absolute atomic E-state index is 12.2. The number of benzene rings is 1. The molecule has 1 heterocycles. The lowest BCUT2D eigenvalue weighted by Gasteiger charge is -2.12. The maximum atomic E-state index is 12.2. The van der Waals surface area contributed by atoms with Crippen LogP contribution in [0.5, 0.6) is 0 Å². The number of carbonyl (C=O) groups is 1. The van der Waals surface area contributed by atoms with Crippen molar-refractivity contribution < 1.29 is 4.79 Å². The van der Waals surface area contributed by atoms with Crippen LogP contribution in [-0.2, 0) is 4.79 Å². The van der Waals surface area contributed by atoms with Gasteiger partial charge in [0.1, 0.15) is 0 Å². The molecule has 0 fully saturated rings. The van der Waals surface area contributed by atoms with Gasteiger partial charge >= 0.3 is 0 Å². The minimum atomic E-state index is -0.236. The summed E-state index contributed by atoms with van der Waals surface area (Å²) in [5, 5.41) is 3.49. The number of rotatable bonds is 4. The number of nitrogen functional groups attached to an aromatic ring is 1. The zero-order chi connectivity index (χ0) is 15.4. The molecule has 1 atom stereocenters. The summed E-state index contributed by atoms with van der Waals surface area (Å²) in [4.78, 5) is 16.6. The van der Waals surface area contributed by atoms with E-state index in [-0.39, 0.29) is 11.2 Å². The molecule has 0 bridgehead atoms. The lowest BCUT2D eigenvalue weighted by atomic mass is 10.2. The molecule has 21 heavy (non-hydrogen) atoms. The first-order valence-electron chi connectivity index (χ1n) is 6.72. The molecule has 0 aliphatic carbocycles. The van der Waals surface area contributed by atoms with Gasteiger partial charge in [-0.3, -0.25) is 4.79 Å². The smallest absolute Gasteiger partial charge is 0.237 e. The van der Waals surface area contributed by atoms with Crippen LogP contribution in [0.25, 0.3) is 0 Å². The topological polar surface area (TPSA) is 68.0 Å². The molecule has 0 aliphatic rings. The van der Waals surface area contributed by atoms with Crippen molar-refractivity contribution in [3.63, 3.8) is 0 Å². The lowest BCUT2D eigenvalue weighted by Crippen LogP contribution is -2.22. The van der Waals surface area contributed by atoms with Crippen molar-refractivity contribution in [2.24, 2.45) is 0 Å². The molecule has 3 N–H and O–H groups in total. The first kappa shape index (κ1) is 15.4. The van der Waals surface area contributed by atoms with Crippen LogP contribution in [0.4, 0.5) is 11.4 Å². The Morgan fingerprint density at radius 3 is 2.71 bits per heavy atom. The number of hydrogen-bond acceptors (Lipinski definition) is 4. The molecule has 2 rings (SSSR count). The molecule has 0 spiro atoms. The van der Waals surface area contributed by atoms with Crippen LogP contribution in [-0.4, -0.2) is 16.1 Å². The third-order valence-corrected chi connectivity index (χ3v) is 3.91. The number of anilines is 2. The number of carbonyl (C=O) groups excluding carboxylic acids is 1. The molecule has 1 amide bonds. The summed E-state index contributed by atoms with van der Waals surface area (Å²) in [5.74, 6) is -0.0634. The third-order valence-electron chi connectivity index (χ3n) is 2.90. The molecule has 0 saturated heterocycles.